The van der Waals surface area contributed by atoms with E-state index in [1.807, 2.05) is 6.07 Å². The minimum Gasteiger partial charge on any atom is -0.359 e. The summed E-state index contributed by atoms with van der Waals surface area (Å²) >= 11 is 17.7. The van der Waals surface area contributed by atoms with Crippen molar-refractivity contribution in [3.63, 3.8) is 0 Å². The van der Waals surface area contributed by atoms with Gasteiger partial charge in [-0.1, -0.05) is 34.8 Å². The second-order valence-corrected chi connectivity index (χ2v) is 4.44. The zero-order valence-corrected chi connectivity index (χ0v) is 11.4. The SMILES string of the molecule is N#CC(=CNc1ccc(Cl)c(Cl)c1Cl)c1nn[nH]n1. The number of nitrogens with zero attached hydrogens (tertiary/aromatic N) is 4. The zero-order chi connectivity index (χ0) is 13.8. The van der Waals surface area contributed by atoms with Gasteiger partial charge >= 0.3 is 0 Å². The van der Waals surface area contributed by atoms with E-state index in [0.29, 0.717) is 10.7 Å². The molecule has 1 aromatic heterocycles. The van der Waals surface area contributed by atoms with E-state index in [1.165, 1.54) is 6.20 Å². The molecular weight excluding hydrogens is 311 g/mol. The number of hydrogen-bond donors (Lipinski definition) is 2. The van der Waals surface area contributed by atoms with Crippen LogP contribution in [0.25, 0.3) is 5.57 Å². The number of halogens is 3. The number of aromatic amines is 1. The maximum Gasteiger partial charge on any atom is 0.216 e. The average Bonchev–Trinajstić information content (AvgIpc) is 2.93. The predicted molar refractivity (Wildman–Crippen MR) is 72.9 cm³/mol. The van der Waals surface area contributed by atoms with Gasteiger partial charge in [-0.2, -0.15) is 10.5 Å². The topological polar surface area (TPSA) is 90.3 Å². The molecule has 19 heavy (non-hydrogen) atoms. The van der Waals surface area contributed by atoms with E-state index < -0.39 is 0 Å². The van der Waals surface area contributed by atoms with Crippen LogP contribution in [0.1, 0.15) is 5.82 Å². The molecule has 96 valence electrons. The molecule has 0 saturated heterocycles. The summed E-state index contributed by atoms with van der Waals surface area (Å²) in [4.78, 5) is 0. The molecule has 9 heteroatoms. The van der Waals surface area contributed by atoms with Gasteiger partial charge in [0.1, 0.15) is 11.6 Å². The molecule has 0 spiro atoms. The first-order valence-electron chi connectivity index (χ1n) is 4.87. The molecule has 0 unspecified atom stereocenters. The van der Waals surface area contributed by atoms with E-state index >= 15 is 0 Å². The third-order valence-corrected chi connectivity index (χ3v) is 3.41. The zero-order valence-electron chi connectivity index (χ0n) is 9.15. The van der Waals surface area contributed by atoms with Crippen molar-refractivity contribution in [1.82, 2.24) is 20.6 Å². The molecule has 2 N–H and O–H groups in total. The molecule has 0 radical (unpaired) electrons. The molecule has 1 heterocycles. The molecule has 0 fully saturated rings. The fourth-order valence-electron chi connectivity index (χ4n) is 1.21. The molecular formula is C10H5Cl3N6. The lowest BCUT2D eigenvalue weighted by Crippen LogP contribution is -1.94. The number of allylic oxidation sites excluding steroid dienone is 1. The van der Waals surface area contributed by atoms with Crippen LogP contribution in [0.15, 0.2) is 18.3 Å². The first kappa shape index (κ1) is 13.6. The van der Waals surface area contributed by atoms with Crippen LogP contribution in [-0.4, -0.2) is 20.6 Å². The Kier molecular flexibility index (Phi) is 4.22. The maximum absolute atomic E-state index is 8.98. The number of rotatable bonds is 3. The third kappa shape index (κ3) is 2.96. The van der Waals surface area contributed by atoms with Crippen LogP contribution in [0.2, 0.25) is 15.1 Å². The molecule has 0 bridgehead atoms. The number of hydrogen-bond acceptors (Lipinski definition) is 5. The molecule has 1 aromatic carbocycles. The summed E-state index contributed by atoms with van der Waals surface area (Å²) in [6.07, 6.45) is 1.40. The van der Waals surface area contributed by atoms with Crippen molar-refractivity contribution in [1.29, 1.82) is 5.26 Å². The summed E-state index contributed by atoms with van der Waals surface area (Å²) in [5.41, 5.74) is 0.697. The van der Waals surface area contributed by atoms with Gasteiger partial charge in [0.25, 0.3) is 0 Å². The predicted octanol–water partition coefficient (Wildman–Crippen LogP) is 3.14. The van der Waals surface area contributed by atoms with Gasteiger partial charge in [0.2, 0.25) is 5.82 Å². The van der Waals surface area contributed by atoms with E-state index in [1.54, 1.807) is 12.1 Å². The van der Waals surface area contributed by atoms with E-state index in [0.717, 1.165) is 0 Å². The Bertz CT molecular complexity index is 659. The van der Waals surface area contributed by atoms with Crippen LogP contribution < -0.4 is 5.32 Å². The Morgan fingerprint density at radius 3 is 2.74 bits per heavy atom. The number of nitriles is 1. The molecule has 2 rings (SSSR count). The van der Waals surface area contributed by atoms with Crippen molar-refractivity contribution in [2.24, 2.45) is 0 Å². The number of H-pyrrole nitrogens is 1. The number of anilines is 1. The quantitative estimate of drug-likeness (QED) is 0.671. The van der Waals surface area contributed by atoms with Gasteiger partial charge in [-0.05, 0) is 17.3 Å². The highest BCUT2D eigenvalue weighted by molar-refractivity contribution is 6.49. The summed E-state index contributed by atoms with van der Waals surface area (Å²) in [5, 5.41) is 25.7. The van der Waals surface area contributed by atoms with Crippen molar-refractivity contribution in [3.8, 4) is 6.07 Å². The number of tetrazole rings is 1. The van der Waals surface area contributed by atoms with Gasteiger partial charge in [-0.25, -0.2) is 0 Å². The highest BCUT2D eigenvalue weighted by atomic mass is 35.5. The maximum atomic E-state index is 8.98. The standard InChI is InChI=1S/C10H5Cl3N6/c11-6-1-2-7(9(13)8(6)12)15-4-5(3-14)10-16-18-19-17-10/h1-2,4,15H,(H,16,17,18,19). The minimum atomic E-state index is 0.172. The molecule has 0 saturated carbocycles. The fraction of sp³-hybridized carbons (Fsp3) is 0. The third-order valence-electron chi connectivity index (χ3n) is 2.11. The molecule has 0 atom stereocenters. The van der Waals surface area contributed by atoms with Crippen molar-refractivity contribution in [2.45, 2.75) is 0 Å². The highest BCUT2D eigenvalue weighted by Gasteiger charge is 2.09. The highest BCUT2D eigenvalue weighted by Crippen LogP contribution is 2.35. The lowest BCUT2D eigenvalue weighted by atomic mass is 10.3. The summed E-state index contributed by atoms with van der Waals surface area (Å²) in [6, 6.07) is 5.16. The second-order valence-electron chi connectivity index (χ2n) is 3.27. The van der Waals surface area contributed by atoms with Crippen LogP contribution >= 0.6 is 34.8 Å². The van der Waals surface area contributed by atoms with Crippen LogP contribution in [0.3, 0.4) is 0 Å². The van der Waals surface area contributed by atoms with E-state index in [9.17, 15) is 0 Å². The van der Waals surface area contributed by atoms with Gasteiger partial charge < -0.3 is 5.32 Å². The molecule has 2 aromatic rings. The molecule has 0 aliphatic rings. The van der Waals surface area contributed by atoms with Crippen molar-refractivity contribution >= 4 is 46.1 Å². The first-order chi connectivity index (χ1) is 9.13. The summed E-state index contributed by atoms with van der Waals surface area (Å²) < 4.78 is 0. The lowest BCUT2D eigenvalue weighted by molar-refractivity contribution is 0.881. The summed E-state index contributed by atoms with van der Waals surface area (Å²) in [7, 11) is 0. The molecule has 0 amide bonds. The van der Waals surface area contributed by atoms with E-state index in [4.69, 9.17) is 40.1 Å². The lowest BCUT2D eigenvalue weighted by Gasteiger charge is -2.06. The molecule has 6 nitrogen and oxygen atoms in total. The minimum absolute atomic E-state index is 0.172. The normalized spacial score (nSPS) is 11.2. The second kappa shape index (κ2) is 5.89. The molecule has 0 aliphatic heterocycles. The van der Waals surface area contributed by atoms with Crippen molar-refractivity contribution in [2.75, 3.05) is 5.32 Å². The van der Waals surface area contributed by atoms with Crippen LogP contribution in [0, 0.1) is 11.3 Å². The van der Waals surface area contributed by atoms with Gasteiger partial charge in [-0.15, -0.1) is 10.2 Å². The summed E-state index contributed by atoms with van der Waals surface area (Å²) in [6.45, 7) is 0. The average molecular weight is 316 g/mol. The first-order valence-corrected chi connectivity index (χ1v) is 6.01. The van der Waals surface area contributed by atoms with Gasteiger partial charge in [-0.3, -0.25) is 0 Å². The largest absolute Gasteiger partial charge is 0.359 e. The number of benzene rings is 1. The number of nitrogens with one attached hydrogen (secondary N) is 2. The Hall–Kier alpha value is -1.81. The van der Waals surface area contributed by atoms with Gasteiger partial charge in [0.05, 0.1) is 20.8 Å². The summed E-state index contributed by atoms with van der Waals surface area (Å²) in [5.74, 6) is 0.172. The molecule has 0 aliphatic carbocycles. The Morgan fingerprint density at radius 2 is 2.11 bits per heavy atom. The van der Waals surface area contributed by atoms with Gasteiger partial charge in [0.15, 0.2) is 0 Å². The Labute approximate surface area is 123 Å². The van der Waals surface area contributed by atoms with Crippen molar-refractivity contribution in [3.05, 3.63) is 39.2 Å². The fourth-order valence-corrected chi connectivity index (χ4v) is 1.80. The van der Waals surface area contributed by atoms with Crippen LogP contribution in [0.5, 0.6) is 0 Å². The van der Waals surface area contributed by atoms with Crippen LogP contribution in [-0.2, 0) is 0 Å². The Morgan fingerprint density at radius 1 is 1.32 bits per heavy atom. The smallest absolute Gasteiger partial charge is 0.216 e. The van der Waals surface area contributed by atoms with Crippen LogP contribution in [0.4, 0.5) is 5.69 Å². The van der Waals surface area contributed by atoms with Gasteiger partial charge in [0, 0.05) is 6.20 Å². The Balaban J connectivity index is 2.28. The van der Waals surface area contributed by atoms with Crippen molar-refractivity contribution < 1.29 is 0 Å². The monoisotopic (exact) mass is 314 g/mol. The van der Waals surface area contributed by atoms with E-state index in [-0.39, 0.29) is 21.4 Å². The van der Waals surface area contributed by atoms with E-state index in [2.05, 4.69) is 25.9 Å². The number of aromatic nitrogens is 4.